The number of fused-ring (bicyclic) bond motifs is 1. The zero-order chi connectivity index (χ0) is 21.4. The Morgan fingerprint density at radius 2 is 2.00 bits per heavy atom. The third-order valence-corrected chi connectivity index (χ3v) is 5.81. The fraction of sp³-hybridized carbons (Fsp3) is 0.333. The summed E-state index contributed by atoms with van der Waals surface area (Å²) in [6.07, 6.45) is 1.94. The highest BCUT2D eigenvalue weighted by molar-refractivity contribution is 7.99. The number of carbonyl (C=O) groups is 1. The summed E-state index contributed by atoms with van der Waals surface area (Å²) >= 11 is 1.57. The van der Waals surface area contributed by atoms with Crippen molar-refractivity contribution in [3.8, 4) is 0 Å². The van der Waals surface area contributed by atoms with Crippen molar-refractivity contribution in [1.29, 1.82) is 0 Å². The smallest absolute Gasteiger partial charge is 0.255 e. The van der Waals surface area contributed by atoms with Gasteiger partial charge in [-0.3, -0.25) is 9.48 Å². The first-order chi connectivity index (χ1) is 14.4. The Kier molecular flexibility index (Phi) is 5.38. The van der Waals surface area contributed by atoms with Gasteiger partial charge in [0.1, 0.15) is 6.04 Å². The number of anilines is 2. The minimum absolute atomic E-state index is 0.173. The number of para-hydroxylation sites is 1. The van der Waals surface area contributed by atoms with Crippen LogP contribution in [0.2, 0.25) is 0 Å². The van der Waals surface area contributed by atoms with Gasteiger partial charge in [0.15, 0.2) is 0 Å². The van der Waals surface area contributed by atoms with E-state index in [9.17, 15) is 4.79 Å². The lowest BCUT2D eigenvalue weighted by Crippen LogP contribution is -2.31. The molecule has 0 bridgehead atoms. The van der Waals surface area contributed by atoms with Gasteiger partial charge in [-0.2, -0.15) is 10.1 Å². The van der Waals surface area contributed by atoms with E-state index in [1.54, 1.807) is 21.1 Å². The van der Waals surface area contributed by atoms with Crippen molar-refractivity contribution in [3.63, 3.8) is 0 Å². The fourth-order valence-corrected chi connectivity index (χ4v) is 4.25. The first kappa shape index (κ1) is 20.2. The first-order valence-electron chi connectivity index (χ1n) is 9.83. The number of nitrogens with one attached hydrogen (secondary N) is 2. The Labute approximate surface area is 179 Å². The third-order valence-electron chi connectivity index (χ3n) is 5.09. The summed E-state index contributed by atoms with van der Waals surface area (Å²) < 4.78 is 3.55. The molecule has 3 aromatic rings. The molecule has 2 aromatic heterocycles. The summed E-state index contributed by atoms with van der Waals surface area (Å²) in [5, 5.41) is 16.2. The number of aromatic nitrogens is 5. The van der Waals surface area contributed by atoms with Gasteiger partial charge in [0.2, 0.25) is 11.1 Å². The van der Waals surface area contributed by atoms with Gasteiger partial charge in [-0.15, -0.1) is 5.10 Å². The van der Waals surface area contributed by atoms with E-state index in [-0.39, 0.29) is 5.91 Å². The van der Waals surface area contributed by atoms with Gasteiger partial charge in [-0.05, 0) is 38.2 Å². The zero-order valence-corrected chi connectivity index (χ0v) is 18.5. The van der Waals surface area contributed by atoms with E-state index >= 15 is 0 Å². The average Bonchev–Trinajstić information content (AvgIpc) is 3.24. The molecule has 1 atom stereocenters. The Morgan fingerprint density at radius 1 is 1.23 bits per heavy atom. The molecule has 0 unspecified atom stereocenters. The van der Waals surface area contributed by atoms with Crippen molar-refractivity contribution in [2.75, 3.05) is 16.4 Å². The fourth-order valence-electron chi connectivity index (χ4n) is 3.69. The summed E-state index contributed by atoms with van der Waals surface area (Å²) in [7, 11) is 1.88. The second kappa shape index (κ2) is 7.98. The molecule has 0 radical (unpaired) electrons. The van der Waals surface area contributed by atoms with Crippen LogP contribution in [0, 0.1) is 13.8 Å². The van der Waals surface area contributed by atoms with Crippen molar-refractivity contribution in [2.45, 2.75) is 38.9 Å². The number of thioether (sulfide) groups is 1. The van der Waals surface area contributed by atoms with Crippen LogP contribution >= 0.6 is 11.8 Å². The van der Waals surface area contributed by atoms with Crippen molar-refractivity contribution < 1.29 is 4.79 Å². The lowest BCUT2D eigenvalue weighted by Gasteiger charge is -2.28. The molecule has 1 aliphatic rings. The van der Waals surface area contributed by atoms with Crippen LogP contribution < -0.4 is 10.6 Å². The van der Waals surface area contributed by atoms with Crippen LogP contribution in [0.5, 0.6) is 0 Å². The molecule has 0 saturated heterocycles. The molecule has 0 spiro atoms. The quantitative estimate of drug-likeness (QED) is 0.609. The van der Waals surface area contributed by atoms with E-state index in [0.29, 0.717) is 16.7 Å². The predicted molar refractivity (Wildman–Crippen MR) is 119 cm³/mol. The summed E-state index contributed by atoms with van der Waals surface area (Å²) in [4.78, 5) is 18.1. The van der Waals surface area contributed by atoms with Crippen molar-refractivity contribution in [2.24, 2.45) is 7.05 Å². The first-order valence-corrected chi connectivity index (χ1v) is 10.8. The van der Waals surface area contributed by atoms with Crippen molar-refractivity contribution >= 4 is 29.3 Å². The van der Waals surface area contributed by atoms with Gasteiger partial charge in [-0.1, -0.05) is 36.9 Å². The predicted octanol–water partition coefficient (Wildman–Crippen LogP) is 3.67. The van der Waals surface area contributed by atoms with E-state index in [2.05, 4.69) is 27.6 Å². The topological polar surface area (TPSA) is 89.7 Å². The highest BCUT2D eigenvalue weighted by Gasteiger charge is 2.36. The minimum atomic E-state index is -0.419. The van der Waals surface area contributed by atoms with Crippen LogP contribution in [0.15, 0.2) is 46.9 Å². The van der Waals surface area contributed by atoms with Gasteiger partial charge in [0, 0.05) is 30.2 Å². The normalized spacial score (nSPS) is 15.7. The van der Waals surface area contributed by atoms with Crippen LogP contribution in [0.4, 0.5) is 11.6 Å². The van der Waals surface area contributed by atoms with E-state index in [4.69, 9.17) is 5.10 Å². The molecule has 1 aliphatic heterocycles. The Hall–Kier alpha value is -3.07. The Morgan fingerprint density at radius 3 is 2.67 bits per heavy atom. The maximum absolute atomic E-state index is 13.5. The average molecular weight is 424 g/mol. The third kappa shape index (κ3) is 3.60. The van der Waals surface area contributed by atoms with Crippen LogP contribution in [0.3, 0.4) is 0 Å². The zero-order valence-electron chi connectivity index (χ0n) is 17.7. The van der Waals surface area contributed by atoms with E-state index in [1.807, 2.05) is 58.3 Å². The maximum Gasteiger partial charge on any atom is 0.255 e. The Balaban J connectivity index is 1.81. The molecule has 156 valence electrons. The van der Waals surface area contributed by atoms with Gasteiger partial charge < -0.3 is 10.6 Å². The van der Waals surface area contributed by atoms with E-state index < -0.39 is 6.04 Å². The molecule has 3 heterocycles. The highest BCUT2D eigenvalue weighted by atomic mass is 32.2. The van der Waals surface area contributed by atoms with E-state index in [1.165, 1.54) is 0 Å². The molecule has 2 N–H and O–H groups in total. The minimum Gasteiger partial charge on any atom is -0.328 e. The van der Waals surface area contributed by atoms with Gasteiger partial charge >= 0.3 is 0 Å². The SMILES string of the molecule is CCSc1nc2n(n1)[C@H](c1cn(C)nc1C)C(C(=O)Nc1ccccc1C)=C(C)N2. The molecule has 1 amide bonds. The second-order valence-corrected chi connectivity index (χ2v) is 8.51. The number of carbonyl (C=O) groups excluding carboxylic acids is 1. The standard InChI is InChI=1S/C21H25N7OS/c1-6-30-21-24-20-22-14(4)17(19(29)23-16-10-8-7-9-12(16)2)18(28(20)26-21)15-11-27(5)25-13(15)3/h7-11,18H,6H2,1-5H3,(H,23,29)(H,22,24,26)/t18-/m1/s1. The number of benzene rings is 1. The Bertz CT molecular complexity index is 1140. The number of rotatable bonds is 5. The molecule has 4 rings (SSSR count). The molecule has 9 heteroatoms. The van der Waals surface area contributed by atoms with Crippen LogP contribution in [-0.4, -0.2) is 36.2 Å². The summed E-state index contributed by atoms with van der Waals surface area (Å²) in [5.74, 6) is 1.32. The molecule has 0 aliphatic carbocycles. The molecule has 8 nitrogen and oxygen atoms in total. The summed E-state index contributed by atoms with van der Waals surface area (Å²) in [6, 6.07) is 7.32. The second-order valence-electron chi connectivity index (χ2n) is 7.27. The van der Waals surface area contributed by atoms with Crippen molar-refractivity contribution in [3.05, 3.63) is 58.6 Å². The van der Waals surface area contributed by atoms with Gasteiger partial charge in [0.05, 0.1) is 11.3 Å². The van der Waals surface area contributed by atoms with E-state index in [0.717, 1.165) is 34.0 Å². The van der Waals surface area contributed by atoms with Crippen molar-refractivity contribution in [1.82, 2.24) is 24.5 Å². The number of hydrogen-bond donors (Lipinski definition) is 2. The van der Waals surface area contributed by atoms with Crippen LogP contribution in [-0.2, 0) is 11.8 Å². The van der Waals surface area contributed by atoms with Gasteiger partial charge in [-0.25, -0.2) is 4.68 Å². The van der Waals surface area contributed by atoms with Crippen LogP contribution in [0.1, 0.15) is 36.7 Å². The number of hydrogen-bond acceptors (Lipinski definition) is 6. The highest BCUT2D eigenvalue weighted by Crippen LogP contribution is 2.37. The summed E-state index contributed by atoms with van der Waals surface area (Å²) in [5.41, 5.74) is 4.92. The number of aryl methyl sites for hydroxylation is 3. The van der Waals surface area contributed by atoms with Gasteiger partial charge in [0.25, 0.3) is 5.91 Å². The summed E-state index contributed by atoms with van der Waals surface area (Å²) in [6.45, 7) is 7.88. The van der Waals surface area contributed by atoms with Crippen LogP contribution in [0.25, 0.3) is 0 Å². The molecule has 1 aromatic carbocycles. The maximum atomic E-state index is 13.5. The molecule has 0 saturated carbocycles. The number of amides is 1. The number of nitrogens with zero attached hydrogens (tertiary/aromatic N) is 5. The lowest BCUT2D eigenvalue weighted by molar-refractivity contribution is -0.113. The number of allylic oxidation sites excluding steroid dienone is 1. The molecular weight excluding hydrogens is 398 g/mol. The largest absolute Gasteiger partial charge is 0.328 e. The monoisotopic (exact) mass is 423 g/mol. The molecule has 0 fully saturated rings. The molecular formula is C21H25N7OS. The lowest BCUT2D eigenvalue weighted by atomic mass is 9.95. The molecule has 30 heavy (non-hydrogen) atoms.